The van der Waals surface area contributed by atoms with Crippen molar-refractivity contribution >= 4 is 27.9 Å². The summed E-state index contributed by atoms with van der Waals surface area (Å²) in [5, 5.41) is 72.2. The van der Waals surface area contributed by atoms with Crippen LogP contribution in [-0.2, 0) is 9.47 Å². The van der Waals surface area contributed by atoms with Gasteiger partial charge in [0.15, 0.2) is 17.6 Å². The maximum absolute atomic E-state index is 13.2. The van der Waals surface area contributed by atoms with E-state index in [-0.39, 0.29) is 22.1 Å². The molecule has 0 saturated carbocycles. The molecular weight excluding hydrogens is 504 g/mol. The molecule has 0 unspecified atom stereocenters. The number of phenolic OH excluding ortho intramolecular Hbond substituents is 4. The second kappa shape index (κ2) is 9.50. The van der Waals surface area contributed by atoms with Crippen LogP contribution in [0.1, 0.15) is 22.0 Å². The summed E-state index contributed by atoms with van der Waals surface area (Å²) in [6, 6.07) is 10.6. The van der Waals surface area contributed by atoms with Gasteiger partial charge in [-0.25, -0.2) is 4.79 Å². The largest absolute Gasteiger partial charge is 0.507 e. The van der Waals surface area contributed by atoms with Gasteiger partial charge in [0, 0.05) is 12.1 Å². The fraction of sp³-hybridized carbons (Fsp3) is 0.231. The lowest BCUT2D eigenvalue weighted by molar-refractivity contribution is -0.232. The Kier molecular flexibility index (Phi) is 6.33. The third kappa shape index (κ3) is 4.05. The monoisotopic (exact) mass is 526 g/mol. The van der Waals surface area contributed by atoms with E-state index in [0.29, 0.717) is 0 Å². The van der Waals surface area contributed by atoms with Gasteiger partial charge < -0.3 is 49.6 Å². The van der Waals surface area contributed by atoms with Crippen LogP contribution in [0, 0.1) is 0 Å². The fourth-order valence-corrected chi connectivity index (χ4v) is 4.53. The minimum Gasteiger partial charge on any atom is -0.507 e. The molecule has 1 aliphatic heterocycles. The average molecular weight is 526 g/mol. The smallest absolute Gasteiger partial charge is 0.338 e. The van der Waals surface area contributed by atoms with Crippen LogP contribution in [0.4, 0.5) is 0 Å². The van der Waals surface area contributed by atoms with Gasteiger partial charge in [-0.05, 0) is 18.2 Å². The highest BCUT2D eigenvalue weighted by Gasteiger charge is 2.49. The Morgan fingerprint density at radius 1 is 0.895 bits per heavy atom. The Morgan fingerprint density at radius 2 is 1.55 bits per heavy atom. The molecule has 5 atom stereocenters. The summed E-state index contributed by atoms with van der Waals surface area (Å²) in [7, 11) is 0. The van der Waals surface area contributed by atoms with Gasteiger partial charge in [-0.2, -0.15) is 0 Å². The van der Waals surface area contributed by atoms with Crippen molar-refractivity contribution in [1.82, 2.24) is 0 Å². The number of rotatable bonds is 4. The Bertz CT molecular complexity index is 1600. The summed E-state index contributed by atoms with van der Waals surface area (Å²) >= 11 is 0. The first-order valence-electron chi connectivity index (χ1n) is 11.4. The van der Waals surface area contributed by atoms with Crippen LogP contribution in [0.5, 0.6) is 23.0 Å². The topological polar surface area (TPSA) is 207 Å². The zero-order valence-corrected chi connectivity index (χ0v) is 19.4. The molecule has 0 bridgehead atoms. The summed E-state index contributed by atoms with van der Waals surface area (Å²) < 4.78 is 16.4. The lowest BCUT2D eigenvalue weighted by atomic mass is 9.89. The molecule has 0 radical (unpaired) electrons. The van der Waals surface area contributed by atoms with Crippen LogP contribution in [0.15, 0.2) is 57.7 Å². The number of aliphatic hydroxyl groups is 3. The van der Waals surface area contributed by atoms with Gasteiger partial charge in [-0.1, -0.05) is 18.2 Å². The van der Waals surface area contributed by atoms with E-state index in [2.05, 4.69) is 0 Å². The average Bonchev–Trinajstić information content (AvgIpc) is 2.89. The number of hydrogen-bond donors (Lipinski definition) is 7. The highest BCUT2D eigenvalue weighted by molar-refractivity contribution is 5.96. The maximum atomic E-state index is 13.2. The first-order valence-corrected chi connectivity index (χ1v) is 11.4. The van der Waals surface area contributed by atoms with Crippen molar-refractivity contribution in [3.05, 3.63) is 69.9 Å². The summed E-state index contributed by atoms with van der Waals surface area (Å²) in [5.74, 6) is -3.61. The first kappa shape index (κ1) is 25.3. The first-order chi connectivity index (χ1) is 18.1. The molecule has 1 aliphatic rings. The van der Waals surface area contributed by atoms with Crippen molar-refractivity contribution in [2.45, 2.75) is 30.5 Å². The second-order valence-electron chi connectivity index (χ2n) is 8.79. The van der Waals surface area contributed by atoms with Gasteiger partial charge in [-0.15, -0.1) is 0 Å². The molecule has 0 aliphatic carbocycles. The molecule has 198 valence electrons. The Balaban J connectivity index is 1.62. The van der Waals surface area contributed by atoms with Crippen molar-refractivity contribution in [1.29, 1.82) is 0 Å². The molecule has 1 fully saturated rings. The van der Waals surface area contributed by atoms with Gasteiger partial charge in [-0.3, -0.25) is 4.79 Å². The number of hydrogen-bond acceptors (Lipinski definition) is 12. The maximum Gasteiger partial charge on any atom is 0.338 e. The van der Waals surface area contributed by atoms with Crippen molar-refractivity contribution in [3.8, 4) is 23.0 Å². The second-order valence-corrected chi connectivity index (χ2v) is 8.79. The molecule has 0 spiro atoms. The highest BCUT2D eigenvalue weighted by atomic mass is 16.6. The minimum absolute atomic E-state index is 0.116. The van der Waals surface area contributed by atoms with Crippen LogP contribution < -0.4 is 5.43 Å². The minimum atomic E-state index is -1.87. The van der Waals surface area contributed by atoms with Gasteiger partial charge in [0.25, 0.3) is 0 Å². The van der Waals surface area contributed by atoms with E-state index in [4.69, 9.17) is 13.9 Å². The number of fused-ring (bicyclic) bond motifs is 2. The number of carbonyl (C=O) groups excluding carboxylic acids is 1. The molecule has 5 rings (SSSR count). The SMILES string of the molecule is O=C(O[C@@H]1[C@@H](O)[C@H](c2c(O)cc3oc4cc(O)c(O)cc4c(=O)c3c2O)O[C@H](CO)[C@H]1O)c1ccccc1. The number of phenols is 4. The van der Waals surface area contributed by atoms with Gasteiger partial charge in [0.2, 0.25) is 5.43 Å². The molecule has 38 heavy (non-hydrogen) atoms. The van der Waals surface area contributed by atoms with Crippen molar-refractivity contribution in [2.75, 3.05) is 6.61 Å². The lowest BCUT2D eigenvalue weighted by Crippen LogP contribution is -2.56. The number of aliphatic hydroxyl groups excluding tert-OH is 3. The summed E-state index contributed by atoms with van der Waals surface area (Å²) in [6.07, 6.45) is -8.33. The molecule has 12 heteroatoms. The number of esters is 1. The molecular formula is C26H22O12. The normalized spacial score (nSPS) is 23.5. The Morgan fingerprint density at radius 3 is 2.24 bits per heavy atom. The summed E-state index contributed by atoms with van der Waals surface area (Å²) in [5.41, 5.74) is -1.65. The van der Waals surface area contributed by atoms with Crippen LogP contribution in [0.2, 0.25) is 0 Å². The van der Waals surface area contributed by atoms with Crippen LogP contribution >= 0.6 is 0 Å². The van der Waals surface area contributed by atoms with E-state index >= 15 is 0 Å². The van der Waals surface area contributed by atoms with E-state index < -0.39 is 82.5 Å². The van der Waals surface area contributed by atoms with Gasteiger partial charge in [0.05, 0.1) is 23.1 Å². The van der Waals surface area contributed by atoms with E-state index in [1.54, 1.807) is 18.2 Å². The Hall–Kier alpha value is -4.36. The van der Waals surface area contributed by atoms with Crippen LogP contribution in [0.25, 0.3) is 21.9 Å². The standard InChI is InChI=1S/C26H22O12/c27-9-17-21(32)25(38-26(35)10-4-2-1-3-5-10)23(34)24(37-17)18-14(30)8-16-19(22(18)33)20(31)11-6-12(28)13(29)7-15(11)36-16/h1-8,17,21,23-25,27-30,32-34H,9H2/t17-,21-,23+,24+,25+/m1/s1. The molecule has 1 aromatic heterocycles. The van der Waals surface area contributed by atoms with Crippen molar-refractivity contribution in [2.24, 2.45) is 0 Å². The highest BCUT2D eigenvalue weighted by Crippen LogP contribution is 2.45. The predicted octanol–water partition coefficient (Wildman–Crippen LogP) is 1.15. The van der Waals surface area contributed by atoms with E-state index in [9.17, 15) is 45.3 Å². The quantitative estimate of drug-likeness (QED) is 0.114. The number of ether oxygens (including phenoxy) is 2. The Labute approximate surface area is 212 Å². The zero-order valence-electron chi connectivity index (χ0n) is 19.4. The van der Waals surface area contributed by atoms with E-state index in [1.807, 2.05) is 0 Å². The molecule has 4 aromatic rings. The molecule has 7 N–H and O–H groups in total. The predicted molar refractivity (Wildman–Crippen MR) is 129 cm³/mol. The molecule has 2 heterocycles. The zero-order chi connectivity index (χ0) is 27.3. The molecule has 3 aromatic carbocycles. The molecule has 0 amide bonds. The van der Waals surface area contributed by atoms with Gasteiger partial charge >= 0.3 is 5.97 Å². The summed E-state index contributed by atoms with van der Waals surface area (Å²) in [4.78, 5) is 25.8. The molecule has 1 saturated heterocycles. The third-order valence-electron chi connectivity index (χ3n) is 6.45. The van der Waals surface area contributed by atoms with Crippen LogP contribution in [0.3, 0.4) is 0 Å². The van der Waals surface area contributed by atoms with Crippen molar-refractivity contribution < 1.29 is 54.4 Å². The number of carbonyl (C=O) groups is 1. The van der Waals surface area contributed by atoms with E-state index in [1.165, 1.54) is 12.1 Å². The van der Waals surface area contributed by atoms with Crippen LogP contribution in [-0.4, -0.2) is 72.7 Å². The van der Waals surface area contributed by atoms with Gasteiger partial charge in [0.1, 0.15) is 52.5 Å². The number of aromatic hydroxyl groups is 4. The number of benzene rings is 3. The molecule has 12 nitrogen and oxygen atoms in total. The van der Waals surface area contributed by atoms with E-state index in [0.717, 1.165) is 18.2 Å². The summed E-state index contributed by atoms with van der Waals surface area (Å²) in [6.45, 7) is -0.783. The third-order valence-corrected chi connectivity index (χ3v) is 6.45. The van der Waals surface area contributed by atoms with Crippen molar-refractivity contribution in [3.63, 3.8) is 0 Å². The fourth-order valence-electron chi connectivity index (χ4n) is 4.53. The lowest BCUT2D eigenvalue weighted by Gasteiger charge is -2.42.